The van der Waals surface area contributed by atoms with Gasteiger partial charge in [-0.1, -0.05) is 0 Å². The normalized spacial score (nSPS) is 11.1. The van der Waals surface area contributed by atoms with E-state index in [0.29, 0.717) is 19.3 Å². The zero-order valence-electron chi connectivity index (χ0n) is 9.25. The van der Waals surface area contributed by atoms with Gasteiger partial charge in [-0.15, -0.1) is 0 Å². The second-order valence-electron chi connectivity index (χ2n) is 3.63. The zero-order valence-corrected chi connectivity index (χ0v) is 12.1. The van der Waals surface area contributed by atoms with Crippen LogP contribution in [0.5, 0.6) is 0 Å². The fourth-order valence-corrected chi connectivity index (χ4v) is 2.94. The van der Waals surface area contributed by atoms with Crippen LogP contribution in [0.1, 0.15) is 26.2 Å². The van der Waals surface area contributed by atoms with Crippen molar-refractivity contribution in [3.63, 3.8) is 0 Å². The second kappa shape index (κ2) is 6.39. The third-order valence-electron chi connectivity index (χ3n) is 1.76. The van der Waals surface area contributed by atoms with Gasteiger partial charge in [0.25, 0.3) is 0 Å². The molecule has 0 heterocycles. The Labute approximate surface area is 89.9 Å². The zero-order chi connectivity index (χ0) is 11.2. The van der Waals surface area contributed by atoms with Crippen LogP contribution in [0.3, 0.4) is 0 Å². The number of hydrogen-bond donors (Lipinski definition) is 0. The molecule has 0 saturated heterocycles. The molecular weight excluding hydrogens is 291 g/mol. The first-order valence-corrected chi connectivity index (χ1v) is 12.7. The van der Waals surface area contributed by atoms with Crippen LogP contribution in [-0.2, 0) is 15.7 Å². The number of rotatable bonds is 6. The Balaban J connectivity index is 3.71. The van der Waals surface area contributed by atoms with Gasteiger partial charge >= 0.3 is 89.9 Å². The van der Waals surface area contributed by atoms with E-state index >= 15 is 0 Å². The van der Waals surface area contributed by atoms with E-state index in [9.17, 15) is 9.59 Å². The molecule has 0 aliphatic heterocycles. The average molecular weight is 309 g/mol. The van der Waals surface area contributed by atoms with E-state index in [1.807, 2.05) is 9.88 Å². The Bertz CT molecular complexity index is 213. The molecule has 0 aromatic rings. The molecule has 0 aliphatic rings. The van der Waals surface area contributed by atoms with E-state index < -0.39 is 19.2 Å². The van der Waals surface area contributed by atoms with Gasteiger partial charge in [-0.3, -0.25) is 0 Å². The van der Waals surface area contributed by atoms with Gasteiger partial charge < -0.3 is 0 Å². The molecule has 0 amide bonds. The predicted molar refractivity (Wildman–Crippen MR) is 55.1 cm³/mol. The number of carbonyl (C=O) groups excluding carboxylic acids is 2. The predicted octanol–water partition coefficient (Wildman–Crippen LogP) is 1.64. The van der Waals surface area contributed by atoms with Crippen LogP contribution in [0.25, 0.3) is 0 Å². The maximum absolute atomic E-state index is 11.2. The molecule has 0 fully saturated rings. The molecule has 0 rings (SSSR count). The van der Waals surface area contributed by atoms with Crippen molar-refractivity contribution in [3.05, 3.63) is 0 Å². The summed E-state index contributed by atoms with van der Waals surface area (Å²) in [5.74, 6) is -0.138. The fourth-order valence-electron chi connectivity index (χ4n) is 0.849. The molecule has 0 N–H and O–H groups in total. The Morgan fingerprint density at radius 2 is 1.79 bits per heavy atom. The molecule has 4 nitrogen and oxygen atoms in total. The van der Waals surface area contributed by atoms with E-state index in [1.54, 1.807) is 7.11 Å². The first-order chi connectivity index (χ1) is 6.37. The number of Topliss-reactive ketones (excluding diaryl/α,β-unsaturated/α-hetero) is 1. The number of ketones is 1. The van der Waals surface area contributed by atoms with Crippen LogP contribution in [0.2, 0.25) is 9.88 Å². The molecule has 0 aromatic heterocycles. The SMILES string of the molecule is C[O][Sn]([CH3])([CH3])[O]C(=O)CCCC(C)=O. The number of carbonyl (C=O) groups is 2. The van der Waals surface area contributed by atoms with Gasteiger partial charge in [0.2, 0.25) is 0 Å². The molecule has 0 aliphatic carbocycles. The van der Waals surface area contributed by atoms with E-state index in [-0.39, 0.29) is 11.8 Å². The average Bonchev–Trinajstić information content (AvgIpc) is 2.02. The van der Waals surface area contributed by atoms with Crippen molar-refractivity contribution >= 4 is 31.0 Å². The van der Waals surface area contributed by atoms with Gasteiger partial charge in [-0.05, 0) is 0 Å². The van der Waals surface area contributed by atoms with Crippen LogP contribution in [0.15, 0.2) is 0 Å². The second-order valence-corrected chi connectivity index (χ2v) is 13.4. The standard InChI is InChI=1S/C6H10O3.CH3O.2CH3.Sn/c1-5(7)3-2-4-6(8)9;1-2;;;/h2-4H2,1H3,(H,8,9);1H3;2*1H3;/q;-1;;;+2/p-1. The van der Waals surface area contributed by atoms with Crippen molar-refractivity contribution in [3.8, 4) is 0 Å². The molecular formula is C9H18O4Sn. The maximum atomic E-state index is 11.2. The first-order valence-electron chi connectivity index (χ1n) is 4.64. The molecule has 82 valence electrons. The van der Waals surface area contributed by atoms with Crippen LogP contribution >= 0.6 is 0 Å². The Morgan fingerprint density at radius 3 is 2.21 bits per heavy atom. The summed E-state index contributed by atoms with van der Waals surface area (Å²) < 4.78 is 10.3. The third kappa shape index (κ3) is 7.32. The summed E-state index contributed by atoms with van der Waals surface area (Å²) in [6.45, 7) is 1.52. The van der Waals surface area contributed by atoms with Gasteiger partial charge in [-0.25, -0.2) is 0 Å². The molecule has 5 heteroatoms. The van der Waals surface area contributed by atoms with Crippen LogP contribution in [-0.4, -0.2) is 38.1 Å². The summed E-state index contributed by atoms with van der Waals surface area (Å²) in [4.78, 5) is 25.6. The van der Waals surface area contributed by atoms with Crippen molar-refractivity contribution in [2.45, 2.75) is 36.1 Å². The monoisotopic (exact) mass is 310 g/mol. The summed E-state index contributed by atoms with van der Waals surface area (Å²) in [5, 5.41) is 0. The molecule has 0 bridgehead atoms. The molecule has 0 spiro atoms. The Kier molecular flexibility index (Phi) is 6.35. The van der Waals surface area contributed by atoms with Crippen molar-refractivity contribution in [2.24, 2.45) is 0 Å². The Hall–Kier alpha value is -0.101. The minimum absolute atomic E-state index is 0.104. The Morgan fingerprint density at radius 1 is 1.21 bits per heavy atom. The van der Waals surface area contributed by atoms with E-state index in [4.69, 9.17) is 6.15 Å². The van der Waals surface area contributed by atoms with Gasteiger partial charge in [0.1, 0.15) is 0 Å². The van der Waals surface area contributed by atoms with Gasteiger partial charge in [-0.2, -0.15) is 0 Å². The summed E-state index contributed by atoms with van der Waals surface area (Å²) in [7, 11) is 1.57. The van der Waals surface area contributed by atoms with Crippen molar-refractivity contribution in [1.29, 1.82) is 0 Å². The molecule has 0 unspecified atom stereocenters. The molecule has 0 atom stereocenters. The fraction of sp³-hybridized carbons (Fsp3) is 0.778. The summed E-state index contributed by atoms with van der Waals surface area (Å²) in [5.41, 5.74) is 0. The van der Waals surface area contributed by atoms with E-state index in [2.05, 4.69) is 0 Å². The van der Waals surface area contributed by atoms with E-state index in [1.165, 1.54) is 6.92 Å². The number of hydrogen-bond acceptors (Lipinski definition) is 4. The summed E-state index contributed by atoms with van der Waals surface area (Å²) in [6, 6.07) is 0. The third-order valence-corrected chi connectivity index (χ3v) is 6.62. The summed E-state index contributed by atoms with van der Waals surface area (Å²) in [6.07, 6.45) is 1.32. The topological polar surface area (TPSA) is 52.6 Å². The molecule has 14 heavy (non-hydrogen) atoms. The first kappa shape index (κ1) is 13.9. The summed E-state index contributed by atoms with van der Waals surface area (Å²) >= 11 is -2.95. The van der Waals surface area contributed by atoms with Gasteiger partial charge in [0, 0.05) is 0 Å². The van der Waals surface area contributed by atoms with Crippen LogP contribution < -0.4 is 0 Å². The van der Waals surface area contributed by atoms with Crippen LogP contribution in [0, 0.1) is 0 Å². The molecule has 0 saturated carbocycles. The van der Waals surface area contributed by atoms with E-state index in [0.717, 1.165) is 0 Å². The minimum atomic E-state index is -2.95. The van der Waals surface area contributed by atoms with Gasteiger partial charge in [0.15, 0.2) is 0 Å². The van der Waals surface area contributed by atoms with Crippen molar-refractivity contribution in [1.82, 2.24) is 0 Å². The molecule has 0 radical (unpaired) electrons. The molecule has 0 aromatic carbocycles. The van der Waals surface area contributed by atoms with Crippen molar-refractivity contribution < 1.29 is 15.7 Å². The van der Waals surface area contributed by atoms with Crippen molar-refractivity contribution in [2.75, 3.05) is 7.11 Å². The van der Waals surface area contributed by atoms with Gasteiger partial charge in [0.05, 0.1) is 0 Å². The quantitative estimate of drug-likeness (QED) is 0.700. The van der Waals surface area contributed by atoms with Crippen LogP contribution in [0.4, 0.5) is 0 Å².